The quantitative estimate of drug-likeness (QED) is 0.502. The number of nitrogens with zero attached hydrogens (tertiary/aromatic N) is 3. The number of β-amino-alcohol motifs (C(OH)–C–C–N with tert-alkyl or cyclic N) is 1. The van der Waals surface area contributed by atoms with Crippen LogP contribution < -0.4 is 10.6 Å². The molecule has 0 spiro atoms. The Morgan fingerprint density at radius 2 is 2.06 bits per heavy atom. The van der Waals surface area contributed by atoms with Crippen molar-refractivity contribution in [3.8, 4) is 11.3 Å². The molecule has 4 N–H and O–H groups in total. The summed E-state index contributed by atoms with van der Waals surface area (Å²) >= 11 is 0. The van der Waals surface area contributed by atoms with E-state index in [0.29, 0.717) is 6.54 Å². The van der Waals surface area contributed by atoms with E-state index < -0.39 is 18.2 Å². The molecule has 0 aliphatic carbocycles. The van der Waals surface area contributed by atoms with Crippen molar-refractivity contribution in [2.24, 2.45) is 11.8 Å². The van der Waals surface area contributed by atoms with E-state index >= 15 is 0 Å². The third-order valence-corrected chi connectivity index (χ3v) is 7.09. The Labute approximate surface area is 200 Å². The smallest absolute Gasteiger partial charge is 0.243 e. The van der Waals surface area contributed by atoms with Gasteiger partial charge in [-0.05, 0) is 23.1 Å². The summed E-state index contributed by atoms with van der Waals surface area (Å²) < 4.78 is 1.96. The number of rotatable bonds is 6. The van der Waals surface area contributed by atoms with Gasteiger partial charge in [-0.1, -0.05) is 39.0 Å². The number of benzene rings is 1. The number of nitrogens with one attached hydrogen (secondary N) is 2. The van der Waals surface area contributed by atoms with Crippen LogP contribution >= 0.6 is 0 Å². The Balaban J connectivity index is 1.54. The van der Waals surface area contributed by atoms with Crippen LogP contribution in [-0.4, -0.2) is 68.6 Å². The molecule has 4 rings (SSSR count). The van der Waals surface area contributed by atoms with Crippen LogP contribution in [0, 0.1) is 11.8 Å². The zero-order chi connectivity index (χ0) is 24.4. The molecule has 1 saturated heterocycles. The van der Waals surface area contributed by atoms with Gasteiger partial charge in [0.05, 0.1) is 31.0 Å². The molecule has 1 aromatic carbocycles. The first-order chi connectivity index (χ1) is 16.3. The number of amides is 2. The van der Waals surface area contributed by atoms with Gasteiger partial charge in [0.1, 0.15) is 6.04 Å². The highest BCUT2D eigenvalue weighted by molar-refractivity contribution is 5.89. The first-order valence-electron chi connectivity index (χ1n) is 12.1. The maximum Gasteiger partial charge on any atom is 0.243 e. The molecule has 0 bridgehead atoms. The van der Waals surface area contributed by atoms with Gasteiger partial charge in [-0.3, -0.25) is 14.3 Å². The van der Waals surface area contributed by atoms with E-state index in [1.165, 1.54) is 4.90 Å². The van der Waals surface area contributed by atoms with Crippen LogP contribution in [0.5, 0.6) is 0 Å². The van der Waals surface area contributed by atoms with Crippen molar-refractivity contribution in [2.75, 3.05) is 19.7 Å². The molecule has 2 aromatic rings. The van der Waals surface area contributed by atoms with Crippen LogP contribution in [0.15, 0.2) is 30.5 Å². The fraction of sp³-hybridized carbons (Fsp3) is 0.560. The lowest BCUT2D eigenvalue weighted by Crippen LogP contribution is -2.49. The van der Waals surface area contributed by atoms with Gasteiger partial charge in [0, 0.05) is 43.7 Å². The molecule has 4 atom stereocenters. The van der Waals surface area contributed by atoms with Crippen LogP contribution in [0.2, 0.25) is 0 Å². The minimum atomic E-state index is -0.752. The van der Waals surface area contributed by atoms with Gasteiger partial charge in [-0.25, -0.2) is 0 Å². The molecule has 34 heavy (non-hydrogen) atoms. The third-order valence-electron chi connectivity index (χ3n) is 7.09. The second-order valence-electron chi connectivity index (χ2n) is 9.71. The molecular weight excluding hydrogens is 434 g/mol. The van der Waals surface area contributed by atoms with Gasteiger partial charge in [-0.2, -0.15) is 5.10 Å². The Morgan fingerprint density at radius 1 is 1.26 bits per heavy atom. The summed E-state index contributed by atoms with van der Waals surface area (Å²) in [5, 5.41) is 31.0. The summed E-state index contributed by atoms with van der Waals surface area (Å²) in [6.07, 6.45) is 1.25. The lowest BCUT2D eigenvalue weighted by atomic mass is 9.96. The van der Waals surface area contributed by atoms with Gasteiger partial charge in [0.25, 0.3) is 0 Å². The summed E-state index contributed by atoms with van der Waals surface area (Å²) in [7, 11) is 0. The third kappa shape index (κ3) is 4.87. The van der Waals surface area contributed by atoms with E-state index in [4.69, 9.17) is 0 Å². The number of carbonyl (C=O) groups excluding carboxylic acids is 2. The van der Waals surface area contributed by atoms with Crippen molar-refractivity contribution >= 4 is 11.8 Å². The van der Waals surface area contributed by atoms with Crippen molar-refractivity contribution in [3.63, 3.8) is 0 Å². The molecule has 3 heterocycles. The lowest BCUT2D eigenvalue weighted by molar-refractivity contribution is -0.142. The number of aliphatic hydroxyl groups excluding tert-OH is 2. The van der Waals surface area contributed by atoms with Crippen molar-refractivity contribution in [3.05, 3.63) is 41.6 Å². The predicted octanol–water partition coefficient (Wildman–Crippen LogP) is 1.06. The second kappa shape index (κ2) is 10.2. The summed E-state index contributed by atoms with van der Waals surface area (Å²) in [4.78, 5) is 27.6. The maximum atomic E-state index is 13.2. The van der Waals surface area contributed by atoms with Crippen molar-refractivity contribution < 1.29 is 19.8 Å². The van der Waals surface area contributed by atoms with Crippen molar-refractivity contribution in [1.29, 1.82) is 0 Å². The Kier molecular flexibility index (Phi) is 7.35. The highest BCUT2D eigenvalue weighted by Gasteiger charge is 2.41. The average molecular weight is 470 g/mol. The van der Waals surface area contributed by atoms with E-state index in [-0.39, 0.29) is 43.2 Å². The summed E-state index contributed by atoms with van der Waals surface area (Å²) in [6, 6.07) is 6.53. The van der Waals surface area contributed by atoms with E-state index in [2.05, 4.69) is 15.7 Å². The van der Waals surface area contributed by atoms with Crippen molar-refractivity contribution in [1.82, 2.24) is 25.3 Å². The molecule has 2 aliphatic heterocycles. The van der Waals surface area contributed by atoms with Crippen LogP contribution in [0.3, 0.4) is 0 Å². The number of likely N-dealkylation sites (tertiary alicyclic amines) is 1. The molecular formula is C25H35N5O4. The van der Waals surface area contributed by atoms with Crippen molar-refractivity contribution in [2.45, 2.75) is 58.5 Å². The highest BCUT2D eigenvalue weighted by atomic mass is 16.3. The summed E-state index contributed by atoms with van der Waals surface area (Å²) in [5.41, 5.74) is 3.95. The van der Waals surface area contributed by atoms with Gasteiger partial charge in [-0.15, -0.1) is 0 Å². The normalized spacial score (nSPS) is 21.9. The average Bonchev–Trinajstić information content (AvgIpc) is 3.43. The number of aromatic nitrogens is 2. The van der Waals surface area contributed by atoms with Gasteiger partial charge >= 0.3 is 0 Å². The first-order valence-corrected chi connectivity index (χ1v) is 12.1. The Bertz CT molecular complexity index is 1040. The van der Waals surface area contributed by atoms with Gasteiger partial charge < -0.3 is 25.7 Å². The standard InChI is InChI=1S/C25H35N5O4/c1-15(2)16(3)25(34)29-13-19(32)11-23(29)24(33)28-21(14-31)17-4-5-20-18(10-17)12-26-8-9-30-22(20)6-7-27-30/h4-7,10,15-16,19,21,23,26,31-32H,8-9,11-14H2,1-3H3,(H,28,33). The monoisotopic (exact) mass is 469 g/mol. The number of hydrogen-bond acceptors (Lipinski definition) is 6. The van der Waals surface area contributed by atoms with Crippen LogP contribution in [0.1, 0.15) is 44.4 Å². The number of aliphatic hydroxyl groups is 2. The van der Waals surface area contributed by atoms with Gasteiger partial charge in [0.15, 0.2) is 0 Å². The predicted molar refractivity (Wildman–Crippen MR) is 127 cm³/mol. The molecule has 0 radical (unpaired) electrons. The molecule has 9 heteroatoms. The van der Waals surface area contributed by atoms with E-state index in [0.717, 1.165) is 35.5 Å². The summed E-state index contributed by atoms with van der Waals surface area (Å²) in [5.74, 6) is -0.601. The molecule has 0 saturated carbocycles. The molecule has 2 amide bonds. The first kappa shape index (κ1) is 24.4. The molecule has 1 aromatic heterocycles. The number of carbonyl (C=O) groups is 2. The van der Waals surface area contributed by atoms with Crippen LogP contribution in [0.4, 0.5) is 0 Å². The Morgan fingerprint density at radius 3 is 2.79 bits per heavy atom. The van der Waals surface area contributed by atoms with E-state index in [9.17, 15) is 19.8 Å². The zero-order valence-corrected chi connectivity index (χ0v) is 20.1. The van der Waals surface area contributed by atoms with E-state index in [1.54, 1.807) is 6.20 Å². The molecule has 9 nitrogen and oxygen atoms in total. The number of fused-ring (bicyclic) bond motifs is 3. The largest absolute Gasteiger partial charge is 0.394 e. The van der Waals surface area contributed by atoms with E-state index in [1.807, 2.05) is 49.7 Å². The fourth-order valence-corrected chi connectivity index (χ4v) is 4.73. The second-order valence-corrected chi connectivity index (χ2v) is 9.71. The number of hydrogen-bond donors (Lipinski definition) is 4. The highest BCUT2D eigenvalue weighted by Crippen LogP contribution is 2.29. The topological polar surface area (TPSA) is 120 Å². The SMILES string of the molecule is CC(C)C(C)C(=O)N1CC(O)CC1C(=O)NC(CO)c1ccc2c(c1)CNCCn1nccc1-2. The lowest BCUT2D eigenvalue weighted by Gasteiger charge is -2.29. The zero-order valence-electron chi connectivity index (χ0n) is 20.1. The Hall–Kier alpha value is -2.75. The maximum absolute atomic E-state index is 13.2. The van der Waals surface area contributed by atoms with Crippen LogP contribution in [-0.2, 0) is 22.7 Å². The molecule has 184 valence electrons. The molecule has 1 fully saturated rings. The van der Waals surface area contributed by atoms with Gasteiger partial charge in [0.2, 0.25) is 11.8 Å². The minimum absolute atomic E-state index is 0.129. The molecule has 4 unspecified atom stereocenters. The summed E-state index contributed by atoms with van der Waals surface area (Å²) in [6.45, 7) is 7.91. The minimum Gasteiger partial charge on any atom is -0.394 e. The molecule has 2 aliphatic rings. The fourth-order valence-electron chi connectivity index (χ4n) is 4.73. The van der Waals surface area contributed by atoms with Crippen LogP contribution in [0.25, 0.3) is 11.3 Å².